The molecule has 0 saturated heterocycles. The van der Waals surface area contributed by atoms with Crippen LogP contribution in [0.25, 0.3) is 0 Å². The van der Waals surface area contributed by atoms with Crippen molar-refractivity contribution < 1.29 is 58.9 Å². The van der Waals surface area contributed by atoms with Crippen LogP contribution < -0.4 is 68.3 Å². The van der Waals surface area contributed by atoms with Gasteiger partial charge in [-0.2, -0.15) is 22.3 Å². The number of hydrogen-bond donors (Lipinski definition) is 0. The van der Waals surface area contributed by atoms with Gasteiger partial charge in [-0.05, 0) is 27.7 Å². The zero-order valence-electron chi connectivity index (χ0n) is 29.3. The fourth-order valence-electron chi connectivity index (χ4n) is 6.81. The van der Waals surface area contributed by atoms with Crippen molar-refractivity contribution in [2.24, 2.45) is 0 Å². The zero-order chi connectivity index (χ0) is 29.9. The molecule has 0 unspecified atom stereocenters. The summed E-state index contributed by atoms with van der Waals surface area (Å²) in [4.78, 5) is 0. The molecule has 0 spiro atoms. The van der Waals surface area contributed by atoms with Gasteiger partial charge in [0.15, 0.2) is 0 Å². The van der Waals surface area contributed by atoms with E-state index in [0.29, 0.717) is 0 Å². The first-order valence-corrected chi connectivity index (χ1v) is 23.9. The third-order valence-electron chi connectivity index (χ3n) is 9.22. The summed E-state index contributed by atoms with van der Waals surface area (Å²) in [6, 6.07) is 22.8. The Morgan fingerprint density at radius 1 is 0.386 bits per heavy atom. The predicted molar refractivity (Wildman–Crippen MR) is 190 cm³/mol. The Kier molecular flexibility index (Phi) is 15.2. The van der Waals surface area contributed by atoms with Crippen molar-refractivity contribution >= 4 is 55.3 Å². The van der Waals surface area contributed by atoms with Gasteiger partial charge < -0.3 is 37.2 Å². The van der Waals surface area contributed by atoms with Crippen molar-refractivity contribution in [1.29, 1.82) is 0 Å². The Morgan fingerprint density at radius 2 is 0.636 bits per heavy atom. The summed E-state index contributed by atoms with van der Waals surface area (Å²) in [5.41, 5.74) is 11.4. The van der Waals surface area contributed by atoms with E-state index in [-0.39, 0.29) is 58.9 Å². The van der Waals surface area contributed by atoms with Crippen molar-refractivity contribution in [2.75, 3.05) is 0 Å². The minimum atomic E-state index is -2.70. The van der Waals surface area contributed by atoms with E-state index in [0.717, 1.165) is 0 Å². The molecule has 7 heteroatoms. The molecule has 0 heterocycles. The molecule has 0 aliphatic rings. The van der Waals surface area contributed by atoms with Gasteiger partial charge in [0.25, 0.3) is 0 Å². The van der Waals surface area contributed by atoms with E-state index in [1.165, 1.54) is 54.9 Å². The number of rotatable bonds is 6. The number of halogens is 3. The molecule has 0 aliphatic carbocycles. The number of benzene rings is 3. The van der Waals surface area contributed by atoms with Crippen LogP contribution in [0.4, 0.5) is 0 Å². The Labute approximate surface area is 305 Å². The molecule has 4 aromatic rings. The van der Waals surface area contributed by atoms with Crippen LogP contribution in [-0.2, 0) is 21.7 Å². The standard InChI is InChI=1S/C37H51Si3.3ClH.Ti/c1-24-15-25(2)18-34(17-24)40(35-19-26(3)16-27(4)20-35,37-30(7)28(5)29(6)31(37)8)36-22-32(38(9,10)11)21-33(23-36)39(12,13)14;;;;/h15-23H,1-14H3;3*1H;/q-1;;;;+4/p-3. The van der Waals surface area contributed by atoms with Crippen LogP contribution in [0.5, 0.6) is 0 Å². The van der Waals surface area contributed by atoms with Crippen molar-refractivity contribution in [3.8, 4) is 0 Å². The van der Waals surface area contributed by atoms with Gasteiger partial charge in [-0.3, -0.25) is 0 Å². The van der Waals surface area contributed by atoms with E-state index in [4.69, 9.17) is 0 Å². The van der Waals surface area contributed by atoms with Crippen LogP contribution in [-0.4, -0.2) is 24.2 Å². The molecule has 0 radical (unpaired) electrons. The largest absolute Gasteiger partial charge is 4.00 e. The quantitative estimate of drug-likeness (QED) is 0.116. The van der Waals surface area contributed by atoms with E-state index >= 15 is 0 Å². The van der Waals surface area contributed by atoms with Crippen molar-refractivity contribution in [3.63, 3.8) is 0 Å². The molecule has 44 heavy (non-hydrogen) atoms. The molecule has 0 N–H and O–H groups in total. The van der Waals surface area contributed by atoms with Gasteiger partial charge in [0, 0.05) is 0 Å². The summed E-state index contributed by atoms with van der Waals surface area (Å²) >= 11 is 0. The molecule has 0 aromatic heterocycles. The average molecular weight is 734 g/mol. The van der Waals surface area contributed by atoms with E-state index in [2.05, 4.69) is 149 Å². The third-order valence-corrected chi connectivity index (χ3v) is 18.2. The molecule has 236 valence electrons. The molecule has 0 amide bonds. The second kappa shape index (κ2) is 15.4. The van der Waals surface area contributed by atoms with Gasteiger partial charge in [-0.1, -0.05) is 170 Å². The first-order chi connectivity index (χ1) is 18.4. The van der Waals surface area contributed by atoms with Crippen LogP contribution in [0, 0.1) is 55.4 Å². The SMILES string of the molecule is Cc1cc(C)cc([Si](c2cc(C)cc(C)c2)(c2cc([Si](C)(C)C)cc([Si](C)(C)C)c2)[c-]2c(C)c(C)c(C)c2C)c1.[Cl-].[Cl-].[Cl-].[Ti+4]. The van der Waals surface area contributed by atoms with Crippen molar-refractivity contribution in [3.05, 3.63) is 99.1 Å². The number of aryl methyl sites for hydroxylation is 4. The summed E-state index contributed by atoms with van der Waals surface area (Å²) in [5.74, 6) is 0. The maximum absolute atomic E-state index is 2.70. The first kappa shape index (κ1) is 43.2. The minimum Gasteiger partial charge on any atom is -1.00 e. The van der Waals surface area contributed by atoms with E-state index in [1.807, 2.05) is 0 Å². The fraction of sp³-hybridized carbons (Fsp3) is 0.378. The van der Waals surface area contributed by atoms with E-state index in [1.54, 1.807) is 20.7 Å². The Balaban J connectivity index is 0.00000462. The van der Waals surface area contributed by atoms with Gasteiger partial charge >= 0.3 is 21.7 Å². The molecule has 4 aromatic carbocycles. The second-order valence-corrected chi connectivity index (χ2v) is 28.6. The smallest absolute Gasteiger partial charge is 1.00 e. The van der Waals surface area contributed by atoms with E-state index in [9.17, 15) is 0 Å². The van der Waals surface area contributed by atoms with E-state index < -0.39 is 24.2 Å². The molecule has 0 aliphatic heterocycles. The van der Waals surface area contributed by atoms with Gasteiger partial charge in [0.2, 0.25) is 0 Å². The van der Waals surface area contributed by atoms with Crippen molar-refractivity contribution in [1.82, 2.24) is 0 Å². The number of hydrogen-bond acceptors (Lipinski definition) is 0. The van der Waals surface area contributed by atoms with Gasteiger partial charge in [-0.25, -0.2) is 0 Å². The molecule has 0 saturated carbocycles. The van der Waals surface area contributed by atoms with Gasteiger partial charge in [0.05, 0.1) is 16.1 Å². The summed E-state index contributed by atoms with van der Waals surface area (Å²) in [6.07, 6.45) is 0. The topological polar surface area (TPSA) is 0 Å². The Morgan fingerprint density at radius 3 is 0.909 bits per heavy atom. The molecule has 4 rings (SSSR count). The average Bonchev–Trinajstić information content (AvgIpc) is 3.00. The minimum absolute atomic E-state index is 0. The first-order valence-electron chi connectivity index (χ1n) is 14.9. The summed E-state index contributed by atoms with van der Waals surface area (Å²) in [6.45, 7) is 33.7. The monoisotopic (exact) mass is 732 g/mol. The molecule has 0 nitrogen and oxygen atoms in total. The predicted octanol–water partition coefficient (Wildman–Crippen LogP) is -2.65. The Bertz CT molecular complexity index is 1460. The third kappa shape index (κ3) is 8.02. The molecule has 0 fully saturated rings. The molecule has 0 bridgehead atoms. The molecule has 0 atom stereocenters. The normalized spacial score (nSPS) is 11.6. The van der Waals surface area contributed by atoms with Gasteiger partial charge in [0.1, 0.15) is 8.07 Å². The maximum atomic E-state index is 2.67. The zero-order valence-corrected chi connectivity index (χ0v) is 36.2. The van der Waals surface area contributed by atoms with Crippen LogP contribution in [0.3, 0.4) is 0 Å². The summed E-state index contributed by atoms with van der Waals surface area (Å²) in [7, 11) is -5.88. The van der Waals surface area contributed by atoms with Gasteiger partial charge in [-0.15, -0.1) is 5.19 Å². The van der Waals surface area contributed by atoms with Crippen LogP contribution in [0.1, 0.15) is 44.5 Å². The van der Waals surface area contributed by atoms with Crippen LogP contribution >= 0.6 is 0 Å². The van der Waals surface area contributed by atoms with Crippen LogP contribution in [0.15, 0.2) is 54.6 Å². The van der Waals surface area contributed by atoms with Crippen LogP contribution in [0.2, 0.25) is 39.3 Å². The summed E-state index contributed by atoms with van der Waals surface area (Å²) < 4.78 is 0. The summed E-state index contributed by atoms with van der Waals surface area (Å²) in [5, 5.41) is 9.45. The second-order valence-electron chi connectivity index (χ2n) is 14.7. The maximum Gasteiger partial charge on any atom is 4.00 e. The fourth-order valence-corrected chi connectivity index (χ4v) is 15.5. The Hall–Kier alpha value is -0.755. The molecular formula is C37H51Cl3Si3Ti. The molecular weight excluding hydrogens is 683 g/mol. The van der Waals surface area contributed by atoms with Crippen molar-refractivity contribution in [2.45, 2.75) is 94.7 Å².